The number of phenolic OH excluding ortho intramolecular Hbond substituents is 2. The van der Waals surface area contributed by atoms with Crippen LogP contribution in [0, 0.1) is 6.92 Å². The van der Waals surface area contributed by atoms with Gasteiger partial charge in [0.25, 0.3) is 0 Å². The van der Waals surface area contributed by atoms with Gasteiger partial charge in [-0.25, -0.2) is 0 Å². The van der Waals surface area contributed by atoms with Crippen molar-refractivity contribution in [2.45, 2.75) is 6.92 Å². The van der Waals surface area contributed by atoms with Gasteiger partial charge in [-0.1, -0.05) is 12.1 Å². The van der Waals surface area contributed by atoms with Crippen molar-refractivity contribution in [3.63, 3.8) is 0 Å². The molecule has 0 amide bonds. The van der Waals surface area contributed by atoms with Crippen molar-refractivity contribution in [3.05, 3.63) is 52.1 Å². The predicted molar refractivity (Wildman–Crippen MR) is 83.4 cm³/mol. The van der Waals surface area contributed by atoms with Gasteiger partial charge in [-0.3, -0.25) is 9.59 Å². The normalized spacial score (nSPS) is 12.8. The molecule has 6 heteroatoms. The minimum absolute atomic E-state index is 0.0802. The Kier molecular flexibility index (Phi) is 3.54. The van der Waals surface area contributed by atoms with Crippen molar-refractivity contribution in [3.8, 4) is 11.5 Å². The number of carbonyl (C=O) groups is 2. The van der Waals surface area contributed by atoms with Crippen LogP contribution in [0.2, 0.25) is 0 Å². The van der Waals surface area contributed by atoms with Gasteiger partial charge < -0.3 is 20.6 Å². The third-order valence-corrected chi connectivity index (χ3v) is 3.97. The maximum absolute atomic E-state index is 12.6. The lowest BCUT2D eigenvalue weighted by atomic mass is 9.82. The van der Waals surface area contributed by atoms with Crippen molar-refractivity contribution >= 4 is 17.3 Å². The van der Waals surface area contributed by atoms with Gasteiger partial charge in [0.1, 0.15) is 11.5 Å². The Labute approximate surface area is 132 Å². The third-order valence-electron chi connectivity index (χ3n) is 3.97. The highest BCUT2D eigenvalue weighted by Crippen LogP contribution is 2.40. The summed E-state index contributed by atoms with van der Waals surface area (Å²) in [4.78, 5) is 25.3. The molecule has 2 aromatic rings. The molecule has 0 saturated heterocycles. The van der Waals surface area contributed by atoms with Gasteiger partial charge >= 0.3 is 0 Å². The van der Waals surface area contributed by atoms with Crippen LogP contribution in [0.3, 0.4) is 0 Å². The van der Waals surface area contributed by atoms with Crippen LogP contribution in [0.25, 0.3) is 0 Å². The topological polar surface area (TPSA) is 107 Å². The fourth-order valence-electron chi connectivity index (χ4n) is 2.79. The Bertz CT molecular complexity index is 841. The molecule has 118 valence electrons. The standard InChI is InChI=1S/C17H15NO5/c1-8-11(18-5-6-19)7-10-14(15(8)21)17(23)13-9(16(10)22)3-2-4-12(13)20/h2-4,7,18-21H,5-6H2,1H3. The van der Waals surface area contributed by atoms with E-state index < -0.39 is 11.6 Å². The number of ketones is 2. The van der Waals surface area contributed by atoms with Gasteiger partial charge in [0.05, 0.1) is 17.7 Å². The fraction of sp³-hybridized carbons (Fsp3) is 0.176. The van der Waals surface area contributed by atoms with E-state index in [0.717, 1.165) is 0 Å². The molecule has 1 aliphatic carbocycles. The maximum atomic E-state index is 12.6. The van der Waals surface area contributed by atoms with E-state index in [1.165, 1.54) is 24.3 Å². The molecule has 0 fully saturated rings. The molecule has 6 nitrogen and oxygen atoms in total. The summed E-state index contributed by atoms with van der Waals surface area (Å²) < 4.78 is 0. The predicted octanol–water partition coefficient (Wildman–Crippen LogP) is 1.59. The van der Waals surface area contributed by atoms with Crippen molar-refractivity contribution in [2.75, 3.05) is 18.5 Å². The fourth-order valence-corrected chi connectivity index (χ4v) is 2.79. The lowest BCUT2D eigenvalue weighted by Crippen LogP contribution is -2.22. The molecular weight excluding hydrogens is 298 g/mol. The van der Waals surface area contributed by atoms with E-state index >= 15 is 0 Å². The average Bonchev–Trinajstić information content (AvgIpc) is 2.53. The van der Waals surface area contributed by atoms with Crippen LogP contribution >= 0.6 is 0 Å². The van der Waals surface area contributed by atoms with E-state index in [1.54, 1.807) is 6.92 Å². The smallest absolute Gasteiger partial charge is 0.201 e. The molecule has 0 spiro atoms. The van der Waals surface area contributed by atoms with E-state index in [0.29, 0.717) is 11.3 Å². The van der Waals surface area contributed by atoms with Crippen LogP contribution in [0.5, 0.6) is 11.5 Å². The molecule has 0 radical (unpaired) electrons. The summed E-state index contributed by atoms with van der Waals surface area (Å²) in [5.74, 6) is -1.60. The Morgan fingerprint density at radius 3 is 2.48 bits per heavy atom. The van der Waals surface area contributed by atoms with E-state index in [-0.39, 0.29) is 46.9 Å². The van der Waals surface area contributed by atoms with E-state index in [4.69, 9.17) is 5.11 Å². The minimum atomic E-state index is -0.581. The molecule has 0 unspecified atom stereocenters. The highest BCUT2D eigenvalue weighted by atomic mass is 16.3. The average molecular weight is 313 g/mol. The number of aliphatic hydroxyl groups is 1. The highest BCUT2D eigenvalue weighted by molar-refractivity contribution is 6.30. The van der Waals surface area contributed by atoms with Crippen LogP contribution in [0.4, 0.5) is 5.69 Å². The first-order valence-corrected chi connectivity index (χ1v) is 7.10. The van der Waals surface area contributed by atoms with Gasteiger partial charge in [-0.15, -0.1) is 0 Å². The number of rotatable bonds is 3. The molecule has 0 atom stereocenters. The number of hydrogen-bond donors (Lipinski definition) is 4. The zero-order valence-electron chi connectivity index (χ0n) is 12.4. The first-order valence-electron chi connectivity index (χ1n) is 7.10. The van der Waals surface area contributed by atoms with Crippen LogP contribution in [0.1, 0.15) is 37.4 Å². The number of aromatic hydroxyl groups is 2. The first kappa shape index (κ1) is 15.1. The molecule has 3 rings (SSSR count). The molecule has 0 saturated carbocycles. The summed E-state index contributed by atoms with van der Waals surface area (Å²) in [6.45, 7) is 1.74. The third kappa shape index (κ3) is 2.15. The zero-order chi connectivity index (χ0) is 16.7. The van der Waals surface area contributed by atoms with Crippen LogP contribution in [-0.4, -0.2) is 40.0 Å². The summed E-state index contributed by atoms with van der Waals surface area (Å²) in [6.07, 6.45) is 0. The Hall–Kier alpha value is -2.86. The molecule has 0 heterocycles. The molecule has 0 aromatic heterocycles. The van der Waals surface area contributed by atoms with Crippen molar-refractivity contribution in [2.24, 2.45) is 0 Å². The minimum Gasteiger partial charge on any atom is -0.507 e. The first-order chi connectivity index (χ1) is 11.0. The Morgan fingerprint density at radius 1 is 1.04 bits per heavy atom. The second kappa shape index (κ2) is 5.40. The lowest BCUT2D eigenvalue weighted by molar-refractivity contribution is 0.0974. The van der Waals surface area contributed by atoms with Gasteiger partial charge in [0, 0.05) is 28.9 Å². The van der Waals surface area contributed by atoms with Gasteiger partial charge in [0.2, 0.25) is 5.78 Å². The monoisotopic (exact) mass is 313 g/mol. The second-order valence-electron chi connectivity index (χ2n) is 5.33. The Balaban J connectivity index is 2.25. The summed E-state index contributed by atoms with van der Waals surface area (Å²) in [5.41, 5.74) is 0.875. The number of anilines is 1. The summed E-state index contributed by atoms with van der Waals surface area (Å²) >= 11 is 0. The number of phenols is 2. The van der Waals surface area contributed by atoms with Crippen LogP contribution < -0.4 is 5.32 Å². The van der Waals surface area contributed by atoms with E-state index in [2.05, 4.69) is 5.32 Å². The second-order valence-corrected chi connectivity index (χ2v) is 5.33. The largest absolute Gasteiger partial charge is 0.507 e. The quantitative estimate of drug-likeness (QED) is 0.585. The summed E-state index contributed by atoms with van der Waals surface area (Å²) in [5, 5.41) is 32.1. The molecule has 0 bridgehead atoms. The van der Waals surface area contributed by atoms with E-state index in [9.17, 15) is 19.8 Å². The molecule has 1 aliphatic rings. The molecule has 4 N–H and O–H groups in total. The molecular formula is C17H15NO5. The van der Waals surface area contributed by atoms with Gasteiger partial charge in [-0.05, 0) is 19.1 Å². The number of nitrogens with one attached hydrogen (secondary N) is 1. The van der Waals surface area contributed by atoms with Crippen molar-refractivity contribution < 1.29 is 24.9 Å². The van der Waals surface area contributed by atoms with Crippen LogP contribution in [0.15, 0.2) is 24.3 Å². The molecule has 0 aliphatic heterocycles. The SMILES string of the molecule is Cc1c(NCCO)cc2c(c1O)C(=O)c1c(O)cccc1C2=O. The summed E-state index contributed by atoms with van der Waals surface area (Å²) in [6, 6.07) is 5.78. The zero-order valence-corrected chi connectivity index (χ0v) is 12.4. The summed E-state index contributed by atoms with van der Waals surface area (Å²) in [7, 11) is 0. The van der Waals surface area contributed by atoms with Gasteiger partial charge in [-0.2, -0.15) is 0 Å². The van der Waals surface area contributed by atoms with Crippen molar-refractivity contribution in [1.29, 1.82) is 0 Å². The number of carbonyl (C=O) groups excluding carboxylic acids is 2. The lowest BCUT2D eigenvalue weighted by Gasteiger charge is -2.22. The Morgan fingerprint density at radius 2 is 1.78 bits per heavy atom. The molecule has 2 aromatic carbocycles. The number of aliphatic hydroxyl groups excluding tert-OH is 1. The number of benzene rings is 2. The maximum Gasteiger partial charge on any atom is 0.201 e. The number of hydrogen-bond acceptors (Lipinski definition) is 6. The number of fused-ring (bicyclic) bond motifs is 2. The van der Waals surface area contributed by atoms with Gasteiger partial charge in [0.15, 0.2) is 5.78 Å². The highest BCUT2D eigenvalue weighted by Gasteiger charge is 2.35. The van der Waals surface area contributed by atoms with Crippen LogP contribution in [-0.2, 0) is 0 Å². The molecule has 23 heavy (non-hydrogen) atoms. The van der Waals surface area contributed by atoms with E-state index in [1.807, 2.05) is 0 Å². The van der Waals surface area contributed by atoms with Crippen molar-refractivity contribution in [1.82, 2.24) is 0 Å².